The molecule has 3 N–H and O–H groups in total. The third-order valence-electron chi connectivity index (χ3n) is 2.72. The summed E-state index contributed by atoms with van der Waals surface area (Å²) in [5.41, 5.74) is 7.57. The highest BCUT2D eigenvalue weighted by Crippen LogP contribution is 2.28. The number of rotatable bonds is 5. The SMILES string of the molecule is COc1ccc(-c2nc(CSc3n[nH]c(N)n3)cs2)cc1. The first-order valence-electron chi connectivity index (χ1n) is 6.14. The Hall–Kier alpha value is -2.06. The monoisotopic (exact) mass is 319 g/mol. The van der Waals surface area contributed by atoms with Gasteiger partial charge in [0.1, 0.15) is 10.8 Å². The molecular weight excluding hydrogens is 306 g/mol. The van der Waals surface area contributed by atoms with Crippen LogP contribution in [0.4, 0.5) is 5.95 Å². The number of ether oxygens (including phenoxy) is 1. The third-order valence-corrected chi connectivity index (χ3v) is 4.54. The van der Waals surface area contributed by atoms with Crippen LogP contribution in [-0.4, -0.2) is 27.3 Å². The number of nitrogens with two attached hydrogens (primary N) is 1. The van der Waals surface area contributed by atoms with E-state index >= 15 is 0 Å². The molecule has 8 heteroatoms. The Bertz CT molecular complexity index is 722. The molecule has 0 amide bonds. The van der Waals surface area contributed by atoms with Crippen LogP contribution in [0, 0.1) is 0 Å². The van der Waals surface area contributed by atoms with Gasteiger partial charge in [0.25, 0.3) is 0 Å². The Balaban J connectivity index is 1.67. The molecule has 21 heavy (non-hydrogen) atoms. The fourth-order valence-electron chi connectivity index (χ4n) is 1.70. The van der Waals surface area contributed by atoms with E-state index in [9.17, 15) is 0 Å². The van der Waals surface area contributed by atoms with Gasteiger partial charge in [-0.3, -0.25) is 0 Å². The second-order valence-electron chi connectivity index (χ2n) is 4.16. The predicted octanol–water partition coefficient (Wildman–Crippen LogP) is 2.81. The molecule has 0 bridgehead atoms. The molecule has 0 unspecified atom stereocenters. The van der Waals surface area contributed by atoms with Crippen molar-refractivity contribution in [3.05, 3.63) is 35.3 Å². The second kappa shape index (κ2) is 6.15. The van der Waals surface area contributed by atoms with Gasteiger partial charge in [0.15, 0.2) is 0 Å². The van der Waals surface area contributed by atoms with Crippen molar-refractivity contribution in [3.63, 3.8) is 0 Å². The average molecular weight is 319 g/mol. The number of H-pyrrole nitrogens is 1. The summed E-state index contributed by atoms with van der Waals surface area (Å²) in [5, 5.41) is 10.3. The molecule has 0 atom stereocenters. The fourth-order valence-corrected chi connectivity index (χ4v) is 3.33. The van der Waals surface area contributed by atoms with Crippen LogP contribution in [0.15, 0.2) is 34.8 Å². The first kappa shape index (κ1) is 13.9. The molecule has 2 aromatic heterocycles. The van der Waals surface area contributed by atoms with Crippen molar-refractivity contribution < 1.29 is 4.74 Å². The van der Waals surface area contributed by atoms with Crippen LogP contribution >= 0.6 is 23.1 Å². The van der Waals surface area contributed by atoms with Crippen LogP contribution in [0.1, 0.15) is 5.69 Å². The van der Waals surface area contributed by atoms with Crippen molar-refractivity contribution in [2.24, 2.45) is 0 Å². The van der Waals surface area contributed by atoms with E-state index in [1.165, 1.54) is 11.8 Å². The lowest BCUT2D eigenvalue weighted by molar-refractivity contribution is 0.415. The zero-order valence-electron chi connectivity index (χ0n) is 11.2. The van der Waals surface area contributed by atoms with E-state index in [0.717, 1.165) is 22.0 Å². The number of nitrogens with zero attached hydrogens (tertiary/aromatic N) is 3. The molecule has 0 fully saturated rings. The Morgan fingerprint density at radius 1 is 1.29 bits per heavy atom. The molecule has 0 aliphatic rings. The summed E-state index contributed by atoms with van der Waals surface area (Å²) in [6.45, 7) is 0. The van der Waals surface area contributed by atoms with E-state index in [1.54, 1.807) is 18.4 Å². The summed E-state index contributed by atoms with van der Waals surface area (Å²) in [5.74, 6) is 1.88. The molecule has 2 heterocycles. The van der Waals surface area contributed by atoms with Crippen LogP contribution in [-0.2, 0) is 5.75 Å². The number of anilines is 1. The molecule has 0 aliphatic carbocycles. The number of thioether (sulfide) groups is 1. The summed E-state index contributed by atoms with van der Waals surface area (Å²) in [4.78, 5) is 8.66. The molecule has 0 spiro atoms. The normalized spacial score (nSPS) is 10.7. The minimum Gasteiger partial charge on any atom is -0.497 e. The standard InChI is InChI=1S/C13H13N5OS2/c1-19-10-4-2-8(3-5-10)11-15-9(6-20-11)7-21-13-16-12(14)17-18-13/h2-6H,7H2,1H3,(H3,14,16,17,18). The van der Waals surface area contributed by atoms with E-state index in [1.807, 2.05) is 29.6 Å². The Kier molecular flexibility index (Phi) is 4.07. The minimum atomic E-state index is 0.328. The summed E-state index contributed by atoms with van der Waals surface area (Å²) in [7, 11) is 1.66. The van der Waals surface area contributed by atoms with Crippen molar-refractivity contribution in [1.82, 2.24) is 20.2 Å². The molecule has 0 saturated carbocycles. The molecule has 3 rings (SSSR count). The zero-order chi connectivity index (χ0) is 14.7. The van der Waals surface area contributed by atoms with Crippen LogP contribution in [0.25, 0.3) is 10.6 Å². The molecular formula is C13H13N5OS2. The minimum absolute atomic E-state index is 0.328. The third kappa shape index (κ3) is 3.34. The number of methoxy groups -OCH3 is 1. The van der Waals surface area contributed by atoms with Gasteiger partial charge in [0, 0.05) is 16.7 Å². The number of hydrogen-bond acceptors (Lipinski definition) is 7. The maximum Gasteiger partial charge on any atom is 0.216 e. The number of nitrogen functional groups attached to an aromatic ring is 1. The zero-order valence-corrected chi connectivity index (χ0v) is 12.9. The summed E-state index contributed by atoms with van der Waals surface area (Å²) >= 11 is 3.12. The first-order valence-corrected chi connectivity index (χ1v) is 8.00. The largest absolute Gasteiger partial charge is 0.497 e. The number of aromatic nitrogens is 4. The van der Waals surface area contributed by atoms with E-state index in [2.05, 4.69) is 20.2 Å². The molecule has 0 radical (unpaired) electrons. The Morgan fingerprint density at radius 2 is 2.10 bits per heavy atom. The Labute approximate surface area is 129 Å². The molecule has 0 aliphatic heterocycles. The molecule has 108 valence electrons. The van der Waals surface area contributed by atoms with Crippen molar-refractivity contribution in [1.29, 1.82) is 0 Å². The average Bonchev–Trinajstić information content (AvgIpc) is 3.14. The predicted molar refractivity (Wildman–Crippen MR) is 84.5 cm³/mol. The van der Waals surface area contributed by atoms with Crippen molar-refractivity contribution >= 4 is 29.0 Å². The van der Waals surface area contributed by atoms with Crippen LogP contribution < -0.4 is 10.5 Å². The van der Waals surface area contributed by atoms with Crippen molar-refractivity contribution in [2.45, 2.75) is 10.9 Å². The smallest absolute Gasteiger partial charge is 0.216 e. The molecule has 1 aromatic carbocycles. The Morgan fingerprint density at radius 3 is 2.76 bits per heavy atom. The molecule has 3 aromatic rings. The van der Waals surface area contributed by atoms with E-state index in [-0.39, 0.29) is 0 Å². The van der Waals surface area contributed by atoms with Crippen LogP contribution in [0.2, 0.25) is 0 Å². The number of thiazole rings is 1. The van der Waals surface area contributed by atoms with Gasteiger partial charge in [-0.05, 0) is 24.3 Å². The van der Waals surface area contributed by atoms with Gasteiger partial charge in [0.2, 0.25) is 11.1 Å². The van der Waals surface area contributed by atoms with Crippen molar-refractivity contribution in [3.8, 4) is 16.3 Å². The van der Waals surface area contributed by atoms with Gasteiger partial charge >= 0.3 is 0 Å². The highest BCUT2D eigenvalue weighted by Gasteiger charge is 2.07. The summed E-state index contributed by atoms with van der Waals surface area (Å²) in [6.07, 6.45) is 0. The van der Waals surface area contributed by atoms with Crippen molar-refractivity contribution in [2.75, 3.05) is 12.8 Å². The van der Waals surface area contributed by atoms with Crippen LogP contribution in [0.5, 0.6) is 5.75 Å². The van der Waals surface area contributed by atoms with Crippen LogP contribution in [0.3, 0.4) is 0 Å². The maximum atomic E-state index is 5.49. The number of benzene rings is 1. The maximum absolute atomic E-state index is 5.49. The number of nitrogens with one attached hydrogen (secondary N) is 1. The lowest BCUT2D eigenvalue weighted by Gasteiger charge is -2.00. The van der Waals surface area contributed by atoms with E-state index in [4.69, 9.17) is 10.5 Å². The molecule has 6 nitrogen and oxygen atoms in total. The quantitative estimate of drug-likeness (QED) is 0.703. The molecule has 0 saturated heterocycles. The van der Waals surface area contributed by atoms with Gasteiger partial charge in [-0.1, -0.05) is 11.8 Å². The van der Waals surface area contributed by atoms with Gasteiger partial charge < -0.3 is 10.5 Å². The highest BCUT2D eigenvalue weighted by molar-refractivity contribution is 7.98. The van der Waals surface area contributed by atoms with Gasteiger partial charge in [-0.25, -0.2) is 10.1 Å². The van der Waals surface area contributed by atoms with E-state index < -0.39 is 0 Å². The number of aromatic amines is 1. The van der Waals surface area contributed by atoms with Gasteiger partial charge in [-0.15, -0.1) is 16.4 Å². The summed E-state index contributed by atoms with van der Waals surface area (Å²) < 4.78 is 5.15. The summed E-state index contributed by atoms with van der Waals surface area (Å²) in [6, 6.07) is 7.87. The lowest BCUT2D eigenvalue weighted by Crippen LogP contribution is -1.86. The second-order valence-corrected chi connectivity index (χ2v) is 5.96. The lowest BCUT2D eigenvalue weighted by atomic mass is 10.2. The number of hydrogen-bond donors (Lipinski definition) is 2. The topological polar surface area (TPSA) is 89.7 Å². The first-order chi connectivity index (χ1) is 10.2. The van der Waals surface area contributed by atoms with Gasteiger partial charge in [0.05, 0.1) is 12.8 Å². The fraction of sp³-hybridized carbons (Fsp3) is 0.154. The highest BCUT2D eigenvalue weighted by atomic mass is 32.2. The van der Waals surface area contributed by atoms with E-state index in [0.29, 0.717) is 16.9 Å². The van der Waals surface area contributed by atoms with Gasteiger partial charge in [-0.2, -0.15) is 4.98 Å².